The zero-order chi connectivity index (χ0) is 19.5. The first-order valence-corrected chi connectivity index (χ1v) is 12.1. The number of nitrogens with zero attached hydrogens (tertiary/aromatic N) is 1. The van der Waals surface area contributed by atoms with Gasteiger partial charge in [0, 0.05) is 23.2 Å². The summed E-state index contributed by atoms with van der Waals surface area (Å²) in [4.78, 5) is 0. The summed E-state index contributed by atoms with van der Waals surface area (Å²) in [6.07, 6.45) is 0. The highest BCUT2D eigenvalue weighted by Crippen LogP contribution is 2.33. The molecule has 0 aromatic heterocycles. The van der Waals surface area contributed by atoms with Gasteiger partial charge in [-0.2, -0.15) is 0 Å². The second-order valence-corrected chi connectivity index (χ2v) is 11.9. The monoisotopic (exact) mass is 412 g/mol. The molecule has 0 saturated heterocycles. The molecule has 0 aliphatic rings. The van der Waals surface area contributed by atoms with Crippen molar-refractivity contribution in [3.8, 4) is 5.75 Å². The molecule has 0 heterocycles. The van der Waals surface area contributed by atoms with E-state index in [1.165, 1.54) is 10.6 Å². The van der Waals surface area contributed by atoms with Gasteiger partial charge in [-0.25, -0.2) is 4.39 Å². The van der Waals surface area contributed by atoms with Crippen LogP contribution in [0.15, 0.2) is 48.9 Å². The Labute approximate surface area is 164 Å². The van der Waals surface area contributed by atoms with Crippen LogP contribution in [0, 0.1) is 5.82 Å². The summed E-state index contributed by atoms with van der Waals surface area (Å²) >= 11 is 12.2. The molecule has 0 radical (unpaired) electrons. The van der Waals surface area contributed by atoms with Crippen LogP contribution in [0.25, 0.3) is 0 Å². The minimum Gasteiger partial charge on any atom is -0.500 e. The summed E-state index contributed by atoms with van der Waals surface area (Å²) in [5.41, 5.74) is 0.844. The van der Waals surface area contributed by atoms with E-state index >= 15 is 0 Å². The van der Waals surface area contributed by atoms with E-state index in [9.17, 15) is 4.39 Å². The maximum Gasteiger partial charge on any atom is 0.352 e. The van der Waals surface area contributed by atoms with Crippen molar-refractivity contribution in [2.45, 2.75) is 26.2 Å². The zero-order valence-electron chi connectivity index (χ0n) is 15.0. The van der Waals surface area contributed by atoms with E-state index in [0.29, 0.717) is 27.4 Å². The molecule has 0 bridgehead atoms. The Bertz CT molecular complexity index is 830. The summed E-state index contributed by atoms with van der Waals surface area (Å²) in [5, 5.41) is 0.809. The summed E-state index contributed by atoms with van der Waals surface area (Å²) in [7, 11) is -1.86. The van der Waals surface area contributed by atoms with Crippen LogP contribution in [0.1, 0.15) is 5.56 Å². The lowest BCUT2D eigenvalue weighted by molar-refractivity contribution is -0.407. The number of benzene rings is 2. The van der Waals surface area contributed by atoms with Crippen LogP contribution in [0.3, 0.4) is 0 Å². The fourth-order valence-electron chi connectivity index (χ4n) is 2.19. The number of hydrogen-bond acceptors (Lipinski definition) is 2. The quantitative estimate of drug-likeness (QED) is 0.227. The van der Waals surface area contributed by atoms with Crippen molar-refractivity contribution < 1.29 is 18.1 Å². The molecule has 138 valence electrons. The van der Waals surface area contributed by atoms with Gasteiger partial charge in [0.05, 0.1) is 5.02 Å². The maximum absolute atomic E-state index is 14.0. The first-order chi connectivity index (χ1) is 12.1. The standard InChI is InChI=1S/C19H21Cl2FNO2Si/c1-13(25-26(3,4)5)23(2)18-11-14(20)9-10-19(18)24-12-15-16(21)7-6-8-17(15)22/h6-11H,1-2,12H2,3-5H3/q+1. The molecule has 0 saturated carbocycles. The third-order valence-corrected chi connectivity index (χ3v) is 4.81. The predicted molar refractivity (Wildman–Crippen MR) is 108 cm³/mol. The van der Waals surface area contributed by atoms with Gasteiger partial charge in [-0.1, -0.05) is 29.3 Å². The van der Waals surface area contributed by atoms with Crippen molar-refractivity contribution in [3.05, 3.63) is 70.3 Å². The van der Waals surface area contributed by atoms with Crippen molar-refractivity contribution in [2.24, 2.45) is 0 Å². The molecular weight excluding hydrogens is 392 g/mol. The van der Waals surface area contributed by atoms with Crippen molar-refractivity contribution in [1.82, 2.24) is 0 Å². The predicted octanol–water partition coefficient (Wildman–Crippen LogP) is 6.38. The van der Waals surface area contributed by atoms with Crippen molar-refractivity contribution >= 4 is 43.9 Å². The Morgan fingerprint density at radius 1 is 1.19 bits per heavy atom. The van der Waals surface area contributed by atoms with Crippen LogP contribution in [0.4, 0.5) is 10.1 Å². The lowest BCUT2D eigenvalue weighted by atomic mass is 10.2. The molecule has 0 fully saturated rings. The summed E-state index contributed by atoms with van der Waals surface area (Å²) in [6.45, 7) is 14.0. The van der Waals surface area contributed by atoms with Gasteiger partial charge in [0.1, 0.15) is 19.1 Å². The van der Waals surface area contributed by atoms with Gasteiger partial charge in [0.15, 0.2) is 5.75 Å². The molecule has 0 aliphatic carbocycles. The van der Waals surface area contributed by atoms with Crippen molar-refractivity contribution in [3.63, 3.8) is 0 Å². The van der Waals surface area contributed by atoms with Gasteiger partial charge in [-0.15, -0.1) is 4.58 Å². The Morgan fingerprint density at radius 3 is 2.50 bits per heavy atom. The smallest absolute Gasteiger partial charge is 0.352 e. The van der Waals surface area contributed by atoms with E-state index in [0.717, 1.165) is 0 Å². The van der Waals surface area contributed by atoms with E-state index in [2.05, 4.69) is 13.3 Å². The van der Waals surface area contributed by atoms with Crippen LogP contribution in [0.2, 0.25) is 29.7 Å². The van der Waals surface area contributed by atoms with Gasteiger partial charge in [-0.3, -0.25) is 0 Å². The molecule has 7 heteroatoms. The second kappa shape index (κ2) is 8.25. The third-order valence-electron chi connectivity index (χ3n) is 3.37. The zero-order valence-corrected chi connectivity index (χ0v) is 17.5. The first-order valence-electron chi connectivity index (χ1n) is 7.92. The summed E-state index contributed by atoms with van der Waals surface area (Å²) < 4.78 is 27.1. The van der Waals surface area contributed by atoms with Crippen molar-refractivity contribution in [1.29, 1.82) is 0 Å². The van der Waals surface area contributed by atoms with Gasteiger partial charge >= 0.3 is 5.88 Å². The number of rotatable bonds is 7. The lowest BCUT2D eigenvalue weighted by Crippen LogP contribution is -2.27. The second-order valence-electron chi connectivity index (χ2n) is 6.64. The van der Waals surface area contributed by atoms with Crippen LogP contribution in [-0.4, -0.2) is 19.6 Å². The SMILES string of the molecule is C=C(O[Si](C)(C)C)[N+](=C)c1cc(Cl)ccc1OCc1c(F)cccc1Cl. The van der Waals surface area contributed by atoms with Gasteiger partial charge in [0.2, 0.25) is 8.32 Å². The molecule has 0 aliphatic heterocycles. The molecule has 2 aromatic rings. The highest BCUT2D eigenvalue weighted by atomic mass is 35.5. The first kappa shape index (κ1) is 20.5. The van der Waals surface area contributed by atoms with Gasteiger partial charge in [-0.05, 0) is 43.9 Å². The van der Waals surface area contributed by atoms with E-state index < -0.39 is 14.1 Å². The summed E-state index contributed by atoms with van der Waals surface area (Å²) in [5.74, 6) is 0.426. The number of ether oxygens (including phenoxy) is 1. The highest BCUT2D eigenvalue weighted by Gasteiger charge is 2.26. The third kappa shape index (κ3) is 5.33. The molecule has 0 N–H and O–H groups in total. The fourth-order valence-corrected chi connectivity index (χ4v) is 3.39. The molecule has 2 aromatic carbocycles. The van der Waals surface area contributed by atoms with E-state index in [4.69, 9.17) is 32.4 Å². The molecular formula is C19H21Cl2FNO2Si+. The average molecular weight is 413 g/mol. The average Bonchev–Trinajstić information content (AvgIpc) is 2.53. The van der Waals surface area contributed by atoms with Crippen LogP contribution in [0.5, 0.6) is 5.75 Å². The number of halogens is 3. The minimum absolute atomic E-state index is 0.0324. The van der Waals surface area contributed by atoms with Crippen molar-refractivity contribution in [2.75, 3.05) is 0 Å². The molecule has 2 rings (SSSR count). The van der Waals surface area contributed by atoms with Crippen LogP contribution >= 0.6 is 23.2 Å². The summed E-state index contributed by atoms with van der Waals surface area (Å²) in [6, 6.07) is 9.55. The minimum atomic E-state index is -1.86. The Balaban J connectivity index is 2.27. The largest absolute Gasteiger partial charge is 0.500 e. The normalized spacial score (nSPS) is 11.2. The van der Waals surface area contributed by atoms with Gasteiger partial charge in [0.25, 0.3) is 5.69 Å². The maximum atomic E-state index is 14.0. The number of hydrogen-bond donors (Lipinski definition) is 0. The fraction of sp³-hybridized carbons (Fsp3) is 0.211. The molecule has 3 nitrogen and oxygen atoms in total. The van der Waals surface area contributed by atoms with E-state index in [1.54, 1.807) is 30.3 Å². The molecule has 0 amide bonds. The molecule has 0 unspecified atom stereocenters. The molecule has 0 atom stereocenters. The topological polar surface area (TPSA) is 21.5 Å². The molecule has 0 spiro atoms. The highest BCUT2D eigenvalue weighted by molar-refractivity contribution is 6.69. The Kier molecular flexibility index (Phi) is 6.50. The van der Waals surface area contributed by atoms with Gasteiger partial charge < -0.3 is 9.16 Å². The van der Waals surface area contributed by atoms with E-state index in [-0.39, 0.29) is 12.2 Å². The lowest BCUT2D eigenvalue weighted by Gasteiger charge is -2.18. The van der Waals surface area contributed by atoms with E-state index in [1.807, 2.05) is 19.6 Å². The molecule has 26 heavy (non-hydrogen) atoms. The van der Waals surface area contributed by atoms with Crippen LogP contribution < -0.4 is 4.74 Å². The Morgan fingerprint density at radius 2 is 1.88 bits per heavy atom. The van der Waals surface area contributed by atoms with Crippen LogP contribution in [-0.2, 0) is 11.0 Å². The Hall–Kier alpha value is -1.82.